The molecule has 0 unspecified atom stereocenters. The van der Waals surface area contributed by atoms with Gasteiger partial charge in [0.25, 0.3) is 0 Å². The van der Waals surface area contributed by atoms with Crippen molar-refractivity contribution < 1.29 is 4.74 Å². The van der Waals surface area contributed by atoms with E-state index < -0.39 is 0 Å². The van der Waals surface area contributed by atoms with E-state index in [4.69, 9.17) is 10.5 Å². The Morgan fingerprint density at radius 1 is 1.25 bits per heavy atom. The van der Waals surface area contributed by atoms with Gasteiger partial charge in [-0.2, -0.15) is 0 Å². The quantitative estimate of drug-likeness (QED) is 0.827. The molecule has 2 N–H and O–H groups in total. The smallest absolute Gasteiger partial charge is 0.0901 e. The summed E-state index contributed by atoms with van der Waals surface area (Å²) in [5.74, 6) is 0. The Bertz CT molecular complexity index is 450. The van der Waals surface area contributed by atoms with Crippen LogP contribution >= 0.6 is 11.3 Å². The second-order valence-corrected chi connectivity index (χ2v) is 4.65. The Morgan fingerprint density at radius 3 is 2.62 bits per heavy atom. The van der Waals surface area contributed by atoms with Crippen LogP contribution in [-0.4, -0.2) is 4.98 Å². The monoisotopic (exact) mass is 234 g/mol. The first-order valence-electron chi connectivity index (χ1n) is 5.07. The summed E-state index contributed by atoms with van der Waals surface area (Å²) in [4.78, 5) is 4.33. The molecule has 3 nitrogen and oxygen atoms in total. The van der Waals surface area contributed by atoms with Gasteiger partial charge in [0.15, 0.2) is 0 Å². The molecular weight excluding hydrogens is 220 g/mol. The highest BCUT2D eigenvalue weighted by Gasteiger charge is 1.98. The van der Waals surface area contributed by atoms with E-state index in [9.17, 15) is 0 Å². The molecule has 0 aliphatic rings. The van der Waals surface area contributed by atoms with Crippen LogP contribution in [0.25, 0.3) is 0 Å². The first-order valence-corrected chi connectivity index (χ1v) is 5.95. The molecule has 2 aromatic rings. The number of ether oxygens (including phenoxy) is 1. The topological polar surface area (TPSA) is 48.1 Å². The van der Waals surface area contributed by atoms with Crippen molar-refractivity contribution >= 4 is 17.0 Å². The Hall–Kier alpha value is -1.39. The highest BCUT2D eigenvalue weighted by atomic mass is 32.1. The van der Waals surface area contributed by atoms with Gasteiger partial charge in [-0.15, -0.1) is 11.3 Å². The lowest BCUT2D eigenvalue weighted by Crippen LogP contribution is -1.95. The van der Waals surface area contributed by atoms with Crippen molar-refractivity contribution in [2.24, 2.45) is 0 Å². The summed E-state index contributed by atoms with van der Waals surface area (Å²) >= 11 is 1.64. The molecule has 0 saturated carbocycles. The number of anilines is 1. The molecule has 0 fully saturated rings. The van der Waals surface area contributed by atoms with Crippen LogP contribution in [0.4, 0.5) is 5.69 Å². The van der Waals surface area contributed by atoms with Crippen molar-refractivity contribution in [3.05, 3.63) is 45.9 Å². The van der Waals surface area contributed by atoms with Crippen LogP contribution in [0.3, 0.4) is 0 Å². The minimum Gasteiger partial charge on any atom is -0.399 e. The molecule has 16 heavy (non-hydrogen) atoms. The number of rotatable bonds is 4. The molecule has 0 aliphatic carbocycles. The second-order valence-electron chi connectivity index (χ2n) is 3.59. The van der Waals surface area contributed by atoms with Gasteiger partial charge in [-0.1, -0.05) is 12.1 Å². The zero-order valence-electron chi connectivity index (χ0n) is 9.14. The van der Waals surface area contributed by atoms with Crippen LogP contribution in [-0.2, 0) is 18.0 Å². The molecule has 0 bridgehead atoms. The van der Waals surface area contributed by atoms with E-state index in [2.05, 4.69) is 4.98 Å². The summed E-state index contributed by atoms with van der Waals surface area (Å²) in [6, 6.07) is 7.71. The molecular formula is C12H14N2OS. The molecule has 0 radical (unpaired) electrons. The maximum atomic E-state index is 5.60. The van der Waals surface area contributed by atoms with E-state index in [1.807, 2.05) is 36.6 Å². The molecule has 0 saturated heterocycles. The summed E-state index contributed by atoms with van der Waals surface area (Å²) in [6.45, 7) is 3.15. The number of aromatic nitrogens is 1. The number of hydrogen-bond acceptors (Lipinski definition) is 4. The number of nitrogen functional groups attached to an aromatic ring is 1. The van der Waals surface area contributed by atoms with Gasteiger partial charge in [0.05, 0.1) is 23.9 Å². The number of thiazole rings is 1. The first kappa shape index (κ1) is 11.1. The molecule has 0 amide bonds. The normalized spacial score (nSPS) is 10.6. The summed E-state index contributed by atoms with van der Waals surface area (Å²) in [7, 11) is 0. The molecule has 84 valence electrons. The van der Waals surface area contributed by atoms with E-state index in [0.717, 1.165) is 22.0 Å². The van der Waals surface area contributed by atoms with Crippen molar-refractivity contribution in [3.8, 4) is 0 Å². The van der Waals surface area contributed by atoms with Crippen LogP contribution < -0.4 is 5.73 Å². The molecule has 0 aliphatic heterocycles. The van der Waals surface area contributed by atoms with E-state index >= 15 is 0 Å². The minimum absolute atomic E-state index is 0.564. The maximum absolute atomic E-state index is 5.60. The van der Waals surface area contributed by atoms with Gasteiger partial charge in [-0.05, 0) is 24.6 Å². The molecule has 0 spiro atoms. The number of hydrogen-bond donors (Lipinski definition) is 1. The zero-order valence-corrected chi connectivity index (χ0v) is 9.96. The summed E-state index contributed by atoms with van der Waals surface area (Å²) < 4.78 is 5.56. The number of aryl methyl sites for hydroxylation is 1. The Morgan fingerprint density at radius 2 is 2.00 bits per heavy atom. The van der Waals surface area contributed by atoms with Gasteiger partial charge in [0.2, 0.25) is 0 Å². The van der Waals surface area contributed by atoms with Crippen LogP contribution in [0.5, 0.6) is 0 Å². The number of nitrogens with zero attached hydrogens (tertiary/aromatic N) is 1. The van der Waals surface area contributed by atoms with Crippen molar-refractivity contribution in [1.29, 1.82) is 0 Å². The fraction of sp³-hybridized carbons (Fsp3) is 0.250. The average molecular weight is 234 g/mol. The predicted molar refractivity (Wildman–Crippen MR) is 66.2 cm³/mol. The van der Waals surface area contributed by atoms with Gasteiger partial charge in [-0.25, -0.2) is 4.98 Å². The van der Waals surface area contributed by atoms with Gasteiger partial charge < -0.3 is 10.5 Å². The van der Waals surface area contributed by atoms with Gasteiger partial charge in [0.1, 0.15) is 0 Å². The minimum atomic E-state index is 0.564. The molecule has 1 aromatic heterocycles. The van der Waals surface area contributed by atoms with E-state index in [-0.39, 0.29) is 0 Å². The highest BCUT2D eigenvalue weighted by molar-refractivity contribution is 7.09. The molecule has 4 heteroatoms. The third kappa shape index (κ3) is 3.05. The van der Waals surface area contributed by atoms with Crippen LogP contribution in [0.15, 0.2) is 29.6 Å². The zero-order chi connectivity index (χ0) is 11.4. The first-order chi connectivity index (χ1) is 7.74. The lowest BCUT2D eigenvalue weighted by Gasteiger charge is -2.02. The number of benzene rings is 1. The summed E-state index contributed by atoms with van der Waals surface area (Å²) in [5.41, 5.74) is 8.50. The summed E-state index contributed by atoms with van der Waals surface area (Å²) in [5, 5.41) is 3.10. The Labute approximate surface area is 98.9 Å². The lowest BCUT2D eigenvalue weighted by molar-refractivity contribution is 0.105. The average Bonchev–Trinajstić information content (AvgIpc) is 2.67. The van der Waals surface area contributed by atoms with Gasteiger partial charge in [0, 0.05) is 11.1 Å². The highest BCUT2D eigenvalue weighted by Crippen LogP contribution is 2.11. The maximum Gasteiger partial charge on any atom is 0.0901 e. The van der Waals surface area contributed by atoms with Crippen molar-refractivity contribution in [1.82, 2.24) is 4.98 Å². The SMILES string of the molecule is Cc1nc(COCc2ccc(N)cc2)cs1. The van der Waals surface area contributed by atoms with Gasteiger partial charge >= 0.3 is 0 Å². The number of nitrogens with two attached hydrogens (primary N) is 1. The molecule has 0 atom stereocenters. The molecule has 1 heterocycles. The predicted octanol–water partition coefficient (Wildman–Crippen LogP) is 2.75. The van der Waals surface area contributed by atoms with Crippen LogP contribution in [0.2, 0.25) is 0 Å². The van der Waals surface area contributed by atoms with Crippen molar-refractivity contribution in [3.63, 3.8) is 0 Å². The molecule has 1 aromatic carbocycles. The fourth-order valence-corrected chi connectivity index (χ4v) is 1.96. The van der Waals surface area contributed by atoms with E-state index in [1.165, 1.54) is 0 Å². The van der Waals surface area contributed by atoms with Crippen LogP contribution in [0, 0.1) is 6.92 Å². The van der Waals surface area contributed by atoms with Gasteiger partial charge in [-0.3, -0.25) is 0 Å². The molecule has 2 rings (SSSR count). The Kier molecular flexibility index (Phi) is 3.54. The Balaban J connectivity index is 1.82. The third-order valence-electron chi connectivity index (χ3n) is 2.16. The standard InChI is InChI=1S/C12H14N2OS/c1-9-14-12(8-16-9)7-15-6-10-2-4-11(13)5-3-10/h2-5,8H,6-7,13H2,1H3. The third-order valence-corrected chi connectivity index (χ3v) is 2.99. The fourth-order valence-electron chi connectivity index (χ4n) is 1.36. The lowest BCUT2D eigenvalue weighted by atomic mass is 10.2. The summed E-state index contributed by atoms with van der Waals surface area (Å²) in [6.07, 6.45) is 0. The van der Waals surface area contributed by atoms with E-state index in [1.54, 1.807) is 11.3 Å². The van der Waals surface area contributed by atoms with E-state index in [0.29, 0.717) is 13.2 Å². The van der Waals surface area contributed by atoms with Crippen molar-refractivity contribution in [2.45, 2.75) is 20.1 Å². The van der Waals surface area contributed by atoms with Crippen LogP contribution in [0.1, 0.15) is 16.3 Å². The second kappa shape index (κ2) is 5.09. The van der Waals surface area contributed by atoms with Crippen molar-refractivity contribution in [2.75, 3.05) is 5.73 Å². The largest absolute Gasteiger partial charge is 0.399 e.